The molecule has 1 aromatic carbocycles. The van der Waals surface area contributed by atoms with Gasteiger partial charge in [0.1, 0.15) is 0 Å². The Labute approximate surface area is 146 Å². The zero-order valence-corrected chi connectivity index (χ0v) is 16.2. The van der Waals surface area contributed by atoms with Crippen LogP contribution in [0.1, 0.15) is 82.3 Å². The van der Waals surface area contributed by atoms with Crippen LogP contribution in [0.3, 0.4) is 0 Å². The lowest BCUT2D eigenvalue weighted by molar-refractivity contribution is 0.554. The lowest BCUT2D eigenvalue weighted by Crippen LogP contribution is -2.03. The van der Waals surface area contributed by atoms with Crippen LogP contribution in [0, 0.1) is 6.92 Å². The molecule has 1 rings (SSSR count). The topological polar surface area (TPSA) is 0 Å². The maximum atomic E-state index is 2.65. The van der Waals surface area contributed by atoms with Gasteiger partial charge in [0.15, 0.2) is 0 Å². The van der Waals surface area contributed by atoms with E-state index in [-0.39, 0.29) is 0 Å². The molecule has 0 nitrogen and oxygen atoms in total. The second kappa shape index (κ2) is 12.5. The zero-order valence-electron chi connectivity index (χ0n) is 14.0. The van der Waals surface area contributed by atoms with Gasteiger partial charge in [0.2, 0.25) is 0 Å². The first kappa shape index (κ1) is 19.0. The van der Waals surface area contributed by atoms with E-state index in [1.807, 2.05) is 0 Å². The molecule has 0 aliphatic heterocycles. The maximum Gasteiger partial charge on any atom is 0.0150 e. The average Bonchev–Trinajstić information content (AvgIpc) is 2.48. The molecule has 0 fully saturated rings. The molecule has 21 heavy (non-hydrogen) atoms. The summed E-state index contributed by atoms with van der Waals surface area (Å²) < 4.78 is 0.799. The van der Waals surface area contributed by atoms with Gasteiger partial charge in [0.25, 0.3) is 0 Å². The van der Waals surface area contributed by atoms with Crippen molar-refractivity contribution in [1.82, 2.24) is 0 Å². The first-order chi connectivity index (χ1) is 10.2. The van der Waals surface area contributed by atoms with Crippen LogP contribution in [-0.2, 0) is 6.42 Å². The lowest BCUT2D eigenvalue weighted by Gasteiger charge is -2.11. The third-order valence-corrected chi connectivity index (χ3v) is 5.39. The summed E-state index contributed by atoms with van der Waals surface area (Å²) in [5, 5.41) is 0. The first-order valence-electron chi connectivity index (χ1n) is 8.92. The summed E-state index contributed by atoms with van der Waals surface area (Å²) >= 11 is 2.65. The van der Waals surface area contributed by atoms with Crippen molar-refractivity contribution in [2.45, 2.75) is 88.4 Å². The Balaban J connectivity index is 1.99. The molecular weight excluding hydrogens is 367 g/mol. The number of halogens is 1. The SMILES string of the molecule is CCCCCCCCCCCC(I)Cc1ccccc1C. The van der Waals surface area contributed by atoms with Crippen LogP contribution in [-0.4, -0.2) is 3.92 Å². The minimum atomic E-state index is 0.799. The molecule has 0 radical (unpaired) electrons. The van der Waals surface area contributed by atoms with Crippen LogP contribution in [0.2, 0.25) is 0 Å². The van der Waals surface area contributed by atoms with Gasteiger partial charge in [-0.1, -0.05) is 112 Å². The van der Waals surface area contributed by atoms with E-state index in [2.05, 4.69) is 60.7 Å². The maximum absolute atomic E-state index is 2.65. The van der Waals surface area contributed by atoms with Crippen LogP contribution >= 0.6 is 22.6 Å². The number of benzene rings is 1. The van der Waals surface area contributed by atoms with Gasteiger partial charge in [-0.15, -0.1) is 0 Å². The summed E-state index contributed by atoms with van der Waals surface area (Å²) in [6.07, 6.45) is 15.5. The third kappa shape index (κ3) is 9.55. The fraction of sp³-hybridized carbons (Fsp3) is 0.700. The van der Waals surface area contributed by atoms with Gasteiger partial charge in [-0.3, -0.25) is 0 Å². The van der Waals surface area contributed by atoms with Crippen molar-refractivity contribution in [3.05, 3.63) is 35.4 Å². The van der Waals surface area contributed by atoms with E-state index >= 15 is 0 Å². The summed E-state index contributed by atoms with van der Waals surface area (Å²) in [6.45, 7) is 4.52. The Morgan fingerprint density at radius 1 is 0.857 bits per heavy atom. The molecule has 1 unspecified atom stereocenters. The molecule has 0 aliphatic rings. The van der Waals surface area contributed by atoms with E-state index in [0.717, 1.165) is 3.92 Å². The van der Waals surface area contributed by atoms with Gasteiger partial charge in [0, 0.05) is 3.92 Å². The Kier molecular flexibility index (Phi) is 11.3. The fourth-order valence-electron chi connectivity index (χ4n) is 2.86. The van der Waals surface area contributed by atoms with Crippen LogP contribution < -0.4 is 0 Å². The van der Waals surface area contributed by atoms with Gasteiger partial charge in [0.05, 0.1) is 0 Å². The van der Waals surface area contributed by atoms with Crippen LogP contribution in [0.25, 0.3) is 0 Å². The Morgan fingerprint density at radius 3 is 2.05 bits per heavy atom. The molecule has 0 aliphatic carbocycles. The molecule has 1 atom stereocenters. The molecule has 0 spiro atoms. The van der Waals surface area contributed by atoms with Crippen molar-refractivity contribution < 1.29 is 0 Å². The molecule has 0 saturated heterocycles. The van der Waals surface area contributed by atoms with E-state index in [1.165, 1.54) is 81.8 Å². The van der Waals surface area contributed by atoms with Crippen molar-refractivity contribution in [3.8, 4) is 0 Å². The van der Waals surface area contributed by atoms with Crippen molar-refractivity contribution in [2.75, 3.05) is 0 Å². The lowest BCUT2D eigenvalue weighted by atomic mass is 10.0. The Bertz CT molecular complexity index is 359. The van der Waals surface area contributed by atoms with Gasteiger partial charge >= 0.3 is 0 Å². The smallest absolute Gasteiger partial charge is 0.0150 e. The highest BCUT2D eigenvalue weighted by Gasteiger charge is 2.06. The summed E-state index contributed by atoms with van der Waals surface area (Å²) in [6, 6.07) is 8.83. The number of hydrogen-bond acceptors (Lipinski definition) is 0. The molecule has 0 N–H and O–H groups in total. The summed E-state index contributed by atoms with van der Waals surface area (Å²) in [7, 11) is 0. The molecule has 0 heterocycles. The Morgan fingerprint density at radius 2 is 1.43 bits per heavy atom. The van der Waals surface area contributed by atoms with Crippen molar-refractivity contribution in [1.29, 1.82) is 0 Å². The summed E-state index contributed by atoms with van der Waals surface area (Å²) in [4.78, 5) is 0. The largest absolute Gasteiger partial charge is 0.0823 e. The van der Waals surface area contributed by atoms with Gasteiger partial charge < -0.3 is 0 Å². The minimum absolute atomic E-state index is 0.799. The molecule has 0 amide bonds. The van der Waals surface area contributed by atoms with E-state index in [1.54, 1.807) is 0 Å². The highest BCUT2D eigenvalue weighted by Crippen LogP contribution is 2.20. The van der Waals surface area contributed by atoms with E-state index < -0.39 is 0 Å². The minimum Gasteiger partial charge on any atom is -0.0823 e. The third-order valence-electron chi connectivity index (χ3n) is 4.32. The molecule has 1 aromatic rings. The average molecular weight is 400 g/mol. The number of aryl methyl sites for hydroxylation is 1. The highest BCUT2D eigenvalue weighted by molar-refractivity contribution is 14.1. The molecule has 1 heteroatoms. The summed E-state index contributed by atoms with van der Waals surface area (Å²) in [5.41, 5.74) is 2.99. The highest BCUT2D eigenvalue weighted by atomic mass is 127. The second-order valence-corrected chi connectivity index (χ2v) is 8.11. The number of unbranched alkanes of at least 4 members (excludes halogenated alkanes) is 8. The second-order valence-electron chi connectivity index (χ2n) is 6.34. The van der Waals surface area contributed by atoms with E-state index in [9.17, 15) is 0 Å². The zero-order chi connectivity index (χ0) is 15.3. The molecule has 120 valence electrons. The van der Waals surface area contributed by atoms with Crippen LogP contribution in [0.15, 0.2) is 24.3 Å². The molecule has 0 aromatic heterocycles. The van der Waals surface area contributed by atoms with Gasteiger partial charge in [-0.25, -0.2) is 0 Å². The monoisotopic (exact) mass is 400 g/mol. The predicted molar refractivity (Wildman–Crippen MR) is 105 cm³/mol. The fourth-order valence-corrected chi connectivity index (χ4v) is 3.77. The number of hydrogen-bond donors (Lipinski definition) is 0. The molecule has 0 bridgehead atoms. The van der Waals surface area contributed by atoms with Gasteiger partial charge in [-0.2, -0.15) is 0 Å². The first-order valence-corrected chi connectivity index (χ1v) is 10.2. The van der Waals surface area contributed by atoms with Crippen LogP contribution in [0.5, 0.6) is 0 Å². The standard InChI is InChI=1S/C20H33I/c1-3-4-5-6-7-8-9-10-11-16-20(21)17-19-15-13-12-14-18(19)2/h12-15,20H,3-11,16-17H2,1-2H3. The predicted octanol–water partition coefficient (Wildman–Crippen LogP) is 7.26. The van der Waals surface area contributed by atoms with Gasteiger partial charge in [-0.05, 0) is 30.9 Å². The molecular formula is C20H33I. The quantitative estimate of drug-likeness (QED) is 0.197. The number of rotatable bonds is 12. The van der Waals surface area contributed by atoms with Crippen molar-refractivity contribution >= 4 is 22.6 Å². The van der Waals surface area contributed by atoms with E-state index in [0.29, 0.717) is 0 Å². The van der Waals surface area contributed by atoms with Crippen molar-refractivity contribution in [3.63, 3.8) is 0 Å². The number of alkyl halides is 1. The summed E-state index contributed by atoms with van der Waals surface area (Å²) in [5.74, 6) is 0. The Hall–Kier alpha value is -0.0500. The van der Waals surface area contributed by atoms with Crippen LogP contribution in [0.4, 0.5) is 0 Å². The molecule has 0 saturated carbocycles. The normalized spacial score (nSPS) is 12.5. The van der Waals surface area contributed by atoms with Crippen molar-refractivity contribution in [2.24, 2.45) is 0 Å². The van der Waals surface area contributed by atoms with E-state index in [4.69, 9.17) is 0 Å².